The van der Waals surface area contributed by atoms with E-state index in [1.54, 1.807) is 42.9 Å². The van der Waals surface area contributed by atoms with Crippen molar-refractivity contribution in [1.29, 1.82) is 0 Å². The van der Waals surface area contributed by atoms with Crippen LogP contribution in [0.3, 0.4) is 0 Å². The molecule has 6 atom stereocenters. The molecule has 17 nitrogen and oxygen atoms in total. The fourth-order valence-corrected chi connectivity index (χ4v) is 7.78. The number of hydrogen-bond donors (Lipinski definition) is 11. The summed E-state index contributed by atoms with van der Waals surface area (Å²) in [5, 5.41) is 15.7. The van der Waals surface area contributed by atoms with Crippen LogP contribution in [-0.2, 0) is 54.5 Å². The number of nitrogens with one attached hydrogen (secondary N) is 8. The van der Waals surface area contributed by atoms with Gasteiger partial charge in [-0.2, -0.15) is 12.6 Å². The van der Waals surface area contributed by atoms with Gasteiger partial charge in [0.2, 0.25) is 29.5 Å². The lowest BCUT2D eigenvalue weighted by Gasteiger charge is -2.27. The summed E-state index contributed by atoms with van der Waals surface area (Å²) < 4.78 is 0. The van der Waals surface area contributed by atoms with Gasteiger partial charge in [0.1, 0.15) is 30.5 Å². The highest BCUT2D eigenvalue weighted by molar-refractivity contribution is 7.80. The Kier molecular flexibility index (Phi) is 16.9. The van der Waals surface area contributed by atoms with Gasteiger partial charge in [-0.25, -0.2) is 4.98 Å². The fraction of sp³-hybridized carbons (Fsp3) is 0.326. The van der Waals surface area contributed by atoms with E-state index in [2.05, 4.69) is 59.1 Å². The second-order valence-corrected chi connectivity index (χ2v) is 16.0. The predicted molar refractivity (Wildman–Crippen MR) is 247 cm³/mol. The first-order chi connectivity index (χ1) is 31.1. The van der Waals surface area contributed by atoms with Crippen molar-refractivity contribution in [1.82, 2.24) is 46.5 Å². The van der Waals surface area contributed by atoms with Crippen LogP contribution in [0.15, 0.2) is 104 Å². The lowest BCUT2D eigenvalue weighted by atomic mass is 10.0. The molecule has 0 aliphatic carbocycles. The highest BCUT2D eigenvalue weighted by Gasteiger charge is 2.33. The Morgan fingerprint density at radius 3 is 1.78 bits per heavy atom. The number of benzene rings is 3. The van der Waals surface area contributed by atoms with Crippen LogP contribution >= 0.6 is 12.6 Å². The second-order valence-electron chi connectivity index (χ2n) is 15.7. The predicted octanol–water partition coefficient (Wildman–Crippen LogP) is 1.65. The molecule has 0 aliphatic rings. The number of unbranched alkanes of at least 4 members (excludes halogenated alkanes) is 1. The molecule has 12 N–H and O–H groups in total. The molecule has 0 unspecified atom stereocenters. The summed E-state index contributed by atoms with van der Waals surface area (Å²) >= 11 is 4.29. The summed E-state index contributed by atoms with van der Waals surface area (Å²) in [7, 11) is 0. The first-order valence-electron chi connectivity index (χ1n) is 21.2. The summed E-state index contributed by atoms with van der Waals surface area (Å²) in [5.74, 6) is -3.32. The van der Waals surface area contributed by atoms with E-state index < -0.39 is 65.8 Å². The number of imidazole rings is 1. The molecule has 0 bridgehead atoms. The van der Waals surface area contributed by atoms with Crippen LogP contribution in [0.1, 0.15) is 41.6 Å². The molecule has 6 rings (SSSR count). The molecule has 18 heteroatoms. The average Bonchev–Trinajstić information content (AvgIpc) is 4.08. The summed E-state index contributed by atoms with van der Waals surface area (Å²) in [4.78, 5) is 95.4. The summed E-state index contributed by atoms with van der Waals surface area (Å²) in [6, 6.07) is 17.6. The zero-order valence-corrected chi connectivity index (χ0v) is 36.1. The minimum atomic E-state index is -1.23. The summed E-state index contributed by atoms with van der Waals surface area (Å²) in [5.41, 5.74) is 16.5. The van der Waals surface area contributed by atoms with E-state index in [9.17, 15) is 28.8 Å². The maximum absolute atomic E-state index is 14.5. The molecule has 336 valence electrons. The molecular weight excluding hydrogens is 835 g/mol. The van der Waals surface area contributed by atoms with Gasteiger partial charge in [0.25, 0.3) is 0 Å². The Morgan fingerprint density at radius 2 is 1.17 bits per heavy atom. The third-order valence-electron chi connectivity index (χ3n) is 11.0. The normalized spacial score (nSPS) is 14.1. The number of nitrogens with zero attached hydrogens (tertiary/aromatic N) is 1. The molecule has 3 aromatic heterocycles. The van der Waals surface area contributed by atoms with Crippen molar-refractivity contribution in [3.63, 3.8) is 0 Å². The highest BCUT2D eigenvalue weighted by Crippen LogP contribution is 2.21. The molecular formula is C46H55N11O6S. The standard InChI is InChI=1S/C46H55N11O6S/c47-17-9-8-16-38(54-46(63)41(26-64)57-42(59)35(48)21-31-24-49-27-52-31)43(60)55-39(18-28-10-2-1-3-11-28)45(62)56-40(20-30-23-51-37-15-7-5-13-34(30)37)44(61)53-32(25-58)19-29-22-50-36-14-6-4-12-33(29)36/h1-7,10-15,22-25,27,32,35,38-41,50-51,64H,8-9,16-21,26,47-48H2,(H,49,52)(H,53,61)(H,54,63)(H,55,60)(H,56,62)(H,57,59)/t32-,35-,38-,39-,40-,41-/m0/s1. The second kappa shape index (κ2) is 23.1. The Morgan fingerprint density at radius 1 is 0.625 bits per heavy atom. The van der Waals surface area contributed by atoms with Crippen LogP contribution in [0.2, 0.25) is 0 Å². The van der Waals surface area contributed by atoms with Gasteiger partial charge in [0.15, 0.2) is 0 Å². The molecule has 0 saturated carbocycles. The summed E-state index contributed by atoms with van der Waals surface area (Å²) in [6.45, 7) is 0.345. The van der Waals surface area contributed by atoms with Gasteiger partial charge in [-0.15, -0.1) is 0 Å². The summed E-state index contributed by atoms with van der Waals surface area (Å²) in [6.07, 6.45) is 8.85. The first kappa shape index (κ1) is 46.7. The smallest absolute Gasteiger partial charge is 0.244 e. The molecule has 0 radical (unpaired) electrons. The van der Waals surface area contributed by atoms with Crippen LogP contribution in [0, 0.1) is 0 Å². The maximum atomic E-state index is 14.5. The molecule has 6 aromatic rings. The minimum Gasteiger partial charge on any atom is -0.361 e. The molecule has 0 fully saturated rings. The number of hydrogen-bond acceptors (Lipinski definition) is 10. The number of aromatic nitrogens is 4. The van der Waals surface area contributed by atoms with E-state index >= 15 is 0 Å². The number of carbonyl (C=O) groups excluding carboxylic acids is 6. The molecule has 3 heterocycles. The largest absolute Gasteiger partial charge is 0.361 e. The van der Waals surface area contributed by atoms with Crippen LogP contribution < -0.4 is 38.1 Å². The van der Waals surface area contributed by atoms with Crippen molar-refractivity contribution >= 4 is 70.3 Å². The number of thiol groups is 1. The van der Waals surface area contributed by atoms with Crippen molar-refractivity contribution < 1.29 is 28.8 Å². The number of aldehydes is 1. The highest BCUT2D eigenvalue weighted by atomic mass is 32.1. The Labute approximate surface area is 375 Å². The Balaban J connectivity index is 1.21. The van der Waals surface area contributed by atoms with Crippen LogP contribution in [0.4, 0.5) is 0 Å². The molecule has 0 aliphatic heterocycles. The molecule has 0 spiro atoms. The van der Waals surface area contributed by atoms with E-state index in [0.717, 1.165) is 32.9 Å². The topological polar surface area (TPSA) is 275 Å². The minimum absolute atomic E-state index is 0.0321. The lowest BCUT2D eigenvalue weighted by molar-refractivity contribution is -0.134. The molecule has 64 heavy (non-hydrogen) atoms. The van der Waals surface area contributed by atoms with E-state index in [0.29, 0.717) is 36.9 Å². The van der Waals surface area contributed by atoms with Crippen molar-refractivity contribution in [2.45, 2.75) is 81.2 Å². The zero-order valence-electron chi connectivity index (χ0n) is 35.2. The van der Waals surface area contributed by atoms with E-state index in [1.165, 1.54) is 6.33 Å². The van der Waals surface area contributed by atoms with E-state index in [1.807, 2.05) is 54.6 Å². The number of H-pyrrole nitrogens is 3. The SMILES string of the molecule is NCCCC[C@H](NC(=O)[C@H](CS)NC(=O)[C@@H](N)Cc1cnc[nH]1)C(=O)N[C@@H](Cc1ccccc1)C(=O)N[C@@H](Cc1c[nH]c2ccccc12)C(=O)N[C@H](C=O)Cc1c[nH]c2ccccc12. The number of rotatable bonds is 24. The van der Waals surface area contributed by atoms with E-state index in [-0.39, 0.29) is 37.9 Å². The van der Waals surface area contributed by atoms with E-state index in [4.69, 9.17) is 11.5 Å². The van der Waals surface area contributed by atoms with Crippen molar-refractivity contribution in [3.8, 4) is 0 Å². The number of aromatic amines is 3. The van der Waals surface area contributed by atoms with Gasteiger partial charge in [-0.1, -0.05) is 66.7 Å². The fourth-order valence-electron chi connectivity index (χ4n) is 7.52. The Bertz CT molecular complexity index is 2490. The number of nitrogens with two attached hydrogens (primary N) is 2. The van der Waals surface area contributed by atoms with Gasteiger partial charge in [0.05, 0.1) is 18.4 Å². The molecule has 3 aromatic carbocycles. The van der Waals surface area contributed by atoms with Crippen molar-refractivity contribution in [3.05, 3.63) is 126 Å². The quantitative estimate of drug-likeness (QED) is 0.0239. The monoisotopic (exact) mass is 889 g/mol. The van der Waals surface area contributed by atoms with Gasteiger partial charge >= 0.3 is 0 Å². The number of amides is 5. The van der Waals surface area contributed by atoms with Crippen LogP contribution in [-0.4, -0.2) is 104 Å². The zero-order chi connectivity index (χ0) is 45.4. The average molecular weight is 890 g/mol. The molecule has 5 amide bonds. The van der Waals surface area contributed by atoms with Gasteiger partial charge in [0, 0.05) is 77.5 Å². The number of carbonyl (C=O) groups is 6. The first-order valence-corrected chi connectivity index (χ1v) is 21.8. The number of para-hydroxylation sites is 2. The molecule has 0 saturated heterocycles. The third kappa shape index (κ3) is 12.7. The maximum Gasteiger partial charge on any atom is 0.244 e. The van der Waals surface area contributed by atoms with Crippen molar-refractivity contribution in [2.75, 3.05) is 12.3 Å². The van der Waals surface area contributed by atoms with Crippen molar-refractivity contribution in [2.24, 2.45) is 11.5 Å². The van der Waals surface area contributed by atoms with Gasteiger partial charge in [-0.3, -0.25) is 24.0 Å². The Hall–Kier alpha value is -6.76. The number of fused-ring (bicyclic) bond motifs is 2. The lowest BCUT2D eigenvalue weighted by Crippen LogP contribution is -2.60. The van der Waals surface area contributed by atoms with Crippen LogP contribution in [0.5, 0.6) is 0 Å². The van der Waals surface area contributed by atoms with Gasteiger partial charge in [-0.05, 0) is 54.6 Å². The van der Waals surface area contributed by atoms with Crippen LogP contribution in [0.25, 0.3) is 21.8 Å². The third-order valence-corrected chi connectivity index (χ3v) is 11.3. The van der Waals surface area contributed by atoms with Gasteiger partial charge < -0.3 is 57.8 Å².